The number of hydrogen-bond donors (Lipinski definition) is 0. The van der Waals surface area contributed by atoms with Crippen molar-refractivity contribution in [1.29, 1.82) is 0 Å². The number of carbonyl (C=O) groups is 1. The number of amides is 1. The number of carbonyl (C=O) groups excluding carboxylic acids is 1. The monoisotopic (exact) mass is 259 g/mol. The van der Waals surface area contributed by atoms with Crippen molar-refractivity contribution in [2.24, 2.45) is 0 Å². The number of nitrogens with zero attached hydrogens (tertiary/aromatic N) is 1. The minimum absolute atomic E-state index is 0.00148. The topological polar surface area (TPSA) is 29.5 Å². The second-order valence-electron chi connectivity index (χ2n) is 4.25. The molecular formula is C12H12F3NO2. The van der Waals surface area contributed by atoms with Crippen LogP contribution in [0, 0.1) is 6.92 Å². The standard InChI is InChI=1S/C12H12F3NO2/c1-7-3-8-5-16(11(17)12(13,14)15)6-9(8)4-10(7)18-2/h3-4H,5-6H2,1-2H3. The maximum atomic E-state index is 12.3. The number of ether oxygens (including phenoxy) is 1. The van der Waals surface area contributed by atoms with Crippen LogP contribution >= 0.6 is 0 Å². The zero-order valence-corrected chi connectivity index (χ0v) is 9.97. The van der Waals surface area contributed by atoms with Crippen LogP contribution in [0.5, 0.6) is 5.75 Å². The van der Waals surface area contributed by atoms with E-state index in [-0.39, 0.29) is 13.1 Å². The lowest BCUT2D eigenvalue weighted by Gasteiger charge is -2.16. The third-order valence-electron chi connectivity index (χ3n) is 2.97. The predicted octanol–water partition coefficient (Wildman–Crippen LogP) is 2.41. The summed E-state index contributed by atoms with van der Waals surface area (Å²) in [5.74, 6) is -1.18. The molecule has 1 heterocycles. The summed E-state index contributed by atoms with van der Waals surface area (Å²) < 4.78 is 42.1. The summed E-state index contributed by atoms with van der Waals surface area (Å²) in [6.07, 6.45) is -4.82. The number of hydrogen-bond acceptors (Lipinski definition) is 2. The van der Waals surface area contributed by atoms with Gasteiger partial charge in [-0.25, -0.2) is 0 Å². The third kappa shape index (κ3) is 2.14. The fourth-order valence-electron chi connectivity index (χ4n) is 2.09. The first kappa shape index (κ1) is 12.7. The van der Waals surface area contributed by atoms with Gasteiger partial charge in [-0.2, -0.15) is 13.2 Å². The summed E-state index contributed by atoms with van der Waals surface area (Å²) in [5.41, 5.74) is 2.29. The van der Waals surface area contributed by atoms with E-state index in [1.165, 1.54) is 7.11 Å². The molecule has 1 aromatic rings. The highest BCUT2D eigenvalue weighted by Crippen LogP contribution is 2.32. The largest absolute Gasteiger partial charge is 0.496 e. The van der Waals surface area contributed by atoms with Gasteiger partial charge in [0.25, 0.3) is 0 Å². The van der Waals surface area contributed by atoms with E-state index in [0.29, 0.717) is 11.3 Å². The maximum absolute atomic E-state index is 12.3. The summed E-state index contributed by atoms with van der Waals surface area (Å²) in [7, 11) is 1.50. The molecule has 0 radical (unpaired) electrons. The highest BCUT2D eigenvalue weighted by molar-refractivity contribution is 5.82. The van der Waals surface area contributed by atoms with E-state index in [9.17, 15) is 18.0 Å². The van der Waals surface area contributed by atoms with E-state index in [2.05, 4.69) is 0 Å². The van der Waals surface area contributed by atoms with E-state index in [1.54, 1.807) is 12.1 Å². The van der Waals surface area contributed by atoms with Crippen molar-refractivity contribution in [1.82, 2.24) is 4.90 Å². The van der Waals surface area contributed by atoms with Crippen molar-refractivity contribution >= 4 is 5.91 Å². The van der Waals surface area contributed by atoms with Crippen LogP contribution < -0.4 is 4.74 Å². The quantitative estimate of drug-likeness (QED) is 0.775. The summed E-state index contributed by atoms with van der Waals surface area (Å²) in [6.45, 7) is 1.79. The molecule has 1 amide bonds. The molecule has 1 aliphatic rings. The molecule has 0 fully saturated rings. The van der Waals surface area contributed by atoms with Crippen molar-refractivity contribution in [3.63, 3.8) is 0 Å². The number of benzene rings is 1. The molecule has 0 bridgehead atoms. The number of halogens is 3. The molecule has 3 nitrogen and oxygen atoms in total. The highest BCUT2D eigenvalue weighted by Gasteiger charge is 2.44. The van der Waals surface area contributed by atoms with Crippen LogP contribution in [-0.4, -0.2) is 24.1 Å². The lowest BCUT2D eigenvalue weighted by Crippen LogP contribution is -2.37. The smallest absolute Gasteiger partial charge is 0.471 e. The minimum atomic E-state index is -4.82. The van der Waals surface area contributed by atoms with Crippen molar-refractivity contribution in [2.75, 3.05) is 7.11 Å². The Balaban J connectivity index is 2.26. The maximum Gasteiger partial charge on any atom is 0.471 e. The Kier molecular flexibility index (Phi) is 2.96. The first-order valence-corrected chi connectivity index (χ1v) is 5.35. The lowest BCUT2D eigenvalue weighted by atomic mass is 10.1. The molecule has 6 heteroatoms. The summed E-state index contributed by atoms with van der Waals surface area (Å²) in [6, 6.07) is 3.45. The number of fused-ring (bicyclic) bond motifs is 1. The van der Waals surface area contributed by atoms with Gasteiger partial charge in [0.2, 0.25) is 0 Å². The molecule has 1 aromatic carbocycles. The normalized spacial score (nSPS) is 14.6. The fourth-order valence-corrected chi connectivity index (χ4v) is 2.09. The Bertz CT molecular complexity index is 497. The molecule has 98 valence electrons. The SMILES string of the molecule is COc1cc2c(cc1C)CN(C(=O)C(F)(F)F)C2. The van der Waals surface area contributed by atoms with Gasteiger partial charge in [0, 0.05) is 13.1 Å². The predicted molar refractivity (Wildman–Crippen MR) is 58.0 cm³/mol. The molecule has 0 atom stereocenters. The number of methoxy groups -OCH3 is 1. The average Bonchev–Trinajstić information content (AvgIpc) is 2.67. The fraction of sp³-hybridized carbons (Fsp3) is 0.417. The molecule has 0 aliphatic carbocycles. The zero-order chi connectivity index (χ0) is 13.5. The minimum Gasteiger partial charge on any atom is -0.496 e. The Morgan fingerprint density at radius 1 is 1.28 bits per heavy atom. The van der Waals surface area contributed by atoms with Crippen molar-refractivity contribution in [2.45, 2.75) is 26.2 Å². The van der Waals surface area contributed by atoms with Gasteiger partial charge in [-0.3, -0.25) is 4.79 Å². The molecule has 0 aromatic heterocycles. The van der Waals surface area contributed by atoms with Gasteiger partial charge < -0.3 is 9.64 Å². The number of rotatable bonds is 1. The van der Waals surface area contributed by atoms with E-state index in [1.807, 2.05) is 6.92 Å². The number of aryl methyl sites for hydroxylation is 1. The Hall–Kier alpha value is -1.72. The Labute approximate surface area is 102 Å². The van der Waals surface area contributed by atoms with E-state index in [0.717, 1.165) is 16.0 Å². The molecule has 0 unspecified atom stereocenters. The van der Waals surface area contributed by atoms with Gasteiger partial charge in [-0.1, -0.05) is 6.07 Å². The van der Waals surface area contributed by atoms with E-state index in [4.69, 9.17) is 4.74 Å². The van der Waals surface area contributed by atoms with Crippen LogP contribution in [0.15, 0.2) is 12.1 Å². The molecular weight excluding hydrogens is 247 g/mol. The first-order chi connectivity index (χ1) is 8.32. The van der Waals surface area contributed by atoms with Crippen LogP contribution in [-0.2, 0) is 17.9 Å². The van der Waals surface area contributed by atoms with Gasteiger partial charge in [-0.05, 0) is 29.7 Å². The summed E-state index contributed by atoms with van der Waals surface area (Å²) in [4.78, 5) is 11.9. The third-order valence-corrected chi connectivity index (χ3v) is 2.97. The Morgan fingerprint density at radius 3 is 2.33 bits per heavy atom. The second kappa shape index (κ2) is 4.19. The van der Waals surface area contributed by atoms with Crippen LogP contribution in [0.3, 0.4) is 0 Å². The van der Waals surface area contributed by atoms with Crippen LogP contribution in [0.1, 0.15) is 16.7 Å². The number of alkyl halides is 3. The first-order valence-electron chi connectivity index (χ1n) is 5.35. The van der Waals surface area contributed by atoms with E-state index >= 15 is 0 Å². The van der Waals surface area contributed by atoms with Crippen LogP contribution in [0.25, 0.3) is 0 Å². The lowest BCUT2D eigenvalue weighted by molar-refractivity contribution is -0.186. The van der Waals surface area contributed by atoms with E-state index < -0.39 is 12.1 Å². The van der Waals surface area contributed by atoms with Gasteiger partial charge >= 0.3 is 12.1 Å². The summed E-state index contributed by atoms with van der Waals surface area (Å²) in [5, 5.41) is 0. The zero-order valence-electron chi connectivity index (χ0n) is 9.97. The molecule has 0 saturated carbocycles. The molecule has 18 heavy (non-hydrogen) atoms. The van der Waals surface area contributed by atoms with Crippen LogP contribution in [0.4, 0.5) is 13.2 Å². The molecule has 0 spiro atoms. The molecule has 1 aliphatic heterocycles. The Morgan fingerprint density at radius 2 is 1.83 bits per heavy atom. The molecule has 0 N–H and O–H groups in total. The van der Waals surface area contributed by atoms with Crippen molar-refractivity contribution in [3.05, 3.63) is 28.8 Å². The molecule has 0 saturated heterocycles. The van der Waals surface area contributed by atoms with Gasteiger partial charge in [-0.15, -0.1) is 0 Å². The van der Waals surface area contributed by atoms with Crippen molar-refractivity contribution < 1.29 is 22.7 Å². The highest BCUT2D eigenvalue weighted by atomic mass is 19.4. The van der Waals surface area contributed by atoms with Gasteiger partial charge in [0.15, 0.2) is 0 Å². The van der Waals surface area contributed by atoms with Crippen molar-refractivity contribution in [3.8, 4) is 5.75 Å². The summed E-state index contributed by atoms with van der Waals surface area (Å²) >= 11 is 0. The second-order valence-corrected chi connectivity index (χ2v) is 4.25. The molecule has 2 rings (SSSR count). The van der Waals surface area contributed by atoms with Gasteiger partial charge in [0.1, 0.15) is 5.75 Å². The van der Waals surface area contributed by atoms with Gasteiger partial charge in [0.05, 0.1) is 7.11 Å². The average molecular weight is 259 g/mol. The van der Waals surface area contributed by atoms with Crippen LogP contribution in [0.2, 0.25) is 0 Å².